The van der Waals surface area contributed by atoms with Gasteiger partial charge in [0.05, 0.1) is 6.10 Å². The van der Waals surface area contributed by atoms with Crippen molar-refractivity contribution in [2.75, 3.05) is 7.11 Å². The summed E-state index contributed by atoms with van der Waals surface area (Å²) in [7, 11) is 1.79. The number of fused-ring (bicyclic) bond motifs is 1. The Kier molecular flexibility index (Phi) is 4.40. The van der Waals surface area contributed by atoms with Crippen molar-refractivity contribution in [2.45, 2.75) is 64.9 Å². The lowest BCUT2D eigenvalue weighted by molar-refractivity contribution is 0.0285. The molecule has 0 aromatic heterocycles. The standard InChI is InChI=1S/C20H28O2/c1-14(2)4-5-15-6-7-16-13-20(19(21)18(16)12-15)10-8-17(22-3)9-11-20/h6-7,12,14,17H,4-5,8-11,13H2,1-3H3/t17-,20-. The number of carbonyl (C=O) groups is 1. The van der Waals surface area contributed by atoms with E-state index in [0.29, 0.717) is 17.8 Å². The van der Waals surface area contributed by atoms with Crippen LogP contribution in [0.15, 0.2) is 18.2 Å². The van der Waals surface area contributed by atoms with Crippen LogP contribution in [0.3, 0.4) is 0 Å². The van der Waals surface area contributed by atoms with Crippen LogP contribution in [-0.4, -0.2) is 19.0 Å². The van der Waals surface area contributed by atoms with Gasteiger partial charge in [0.15, 0.2) is 5.78 Å². The van der Waals surface area contributed by atoms with Crippen molar-refractivity contribution in [2.24, 2.45) is 11.3 Å². The highest BCUT2D eigenvalue weighted by Gasteiger charge is 2.47. The normalized spacial score (nSPS) is 27.6. The van der Waals surface area contributed by atoms with Gasteiger partial charge in [-0.15, -0.1) is 0 Å². The van der Waals surface area contributed by atoms with Gasteiger partial charge >= 0.3 is 0 Å². The highest BCUT2D eigenvalue weighted by atomic mass is 16.5. The lowest BCUT2D eigenvalue weighted by Crippen LogP contribution is -2.35. The third-order valence-electron chi connectivity index (χ3n) is 5.66. The summed E-state index contributed by atoms with van der Waals surface area (Å²) in [5, 5.41) is 0. The first kappa shape index (κ1) is 15.7. The fourth-order valence-electron chi connectivity index (χ4n) is 4.11. The van der Waals surface area contributed by atoms with Crippen LogP contribution in [0.4, 0.5) is 0 Å². The zero-order chi connectivity index (χ0) is 15.7. The third kappa shape index (κ3) is 2.86. The fourth-order valence-corrected chi connectivity index (χ4v) is 4.11. The monoisotopic (exact) mass is 300 g/mol. The van der Waals surface area contributed by atoms with Gasteiger partial charge in [0.25, 0.3) is 0 Å². The van der Waals surface area contributed by atoms with Gasteiger partial charge in [-0.25, -0.2) is 0 Å². The lowest BCUT2D eigenvalue weighted by Gasteiger charge is -2.35. The van der Waals surface area contributed by atoms with Crippen LogP contribution >= 0.6 is 0 Å². The zero-order valence-electron chi connectivity index (χ0n) is 14.2. The van der Waals surface area contributed by atoms with Crippen LogP contribution in [0.2, 0.25) is 0 Å². The topological polar surface area (TPSA) is 26.3 Å². The number of carbonyl (C=O) groups excluding carboxylic acids is 1. The Bertz CT molecular complexity index is 551. The van der Waals surface area contributed by atoms with Gasteiger partial charge in [0.2, 0.25) is 0 Å². The van der Waals surface area contributed by atoms with Crippen LogP contribution in [0, 0.1) is 11.3 Å². The molecule has 0 heterocycles. The summed E-state index contributed by atoms with van der Waals surface area (Å²) in [6.07, 6.45) is 7.59. The van der Waals surface area contributed by atoms with Crippen molar-refractivity contribution >= 4 is 5.78 Å². The van der Waals surface area contributed by atoms with Gasteiger partial charge in [0, 0.05) is 18.1 Å². The molecule has 1 spiro atoms. The molecular weight excluding hydrogens is 272 g/mol. The molecule has 1 aromatic rings. The molecule has 0 bridgehead atoms. The van der Waals surface area contributed by atoms with E-state index in [4.69, 9.17) is 4.74 Å². The minimum atomic E-state index is -0.117. The van der Waals surface area contributed by atoms with Crippen molar-refractivity contribution < 1.29 is 9.53 Å². The molecule has 2 aliphatic carbocycles. The van der Waals surface area contributed by atoms with Crippen molar-refractivity contribution in [1.82, 2.24) is 0 Å². The first-order chi connectivity index (χ1) is 10.5. The maximum Gasteiger partial charge on any atom is 0.169 e. The van der Waals surface area contributed by atoms with Gasteiger partial charge in [0.1, 0.15) is 0 Å². The van der Waals surface area contributed by atoms with Gasteiger partial charge in [-0.3, -0.25) is 4.79 Å². The summed E-state index contributed by atoms with van der Waals surface area (Å²) in [4.78, 5) is 13.0. The Labute approximate surface area is 134 Å². The second-order valence-electron chi connectivity index (χ2n) is 7.65. The molecule has 0 unspecified atom stereocenters. The average molecular weight is 300 g/mol. The average Bonchev–Trinajstić information content (AvgIpc) is 2.79. The fraction of sp³-hybridized carbons (Fsp3) is 0.650. The van der Waals surface area contributed by atoms with Crippen molar-refractivity contribution in [3.63, 3.8) is 0 Å². The number of aryl methyl sites for hydroxylation is 1. The minimum Gasteiger partial charge on any atom is -0.381 e. The molecule has 0 N–H and O–H groups in total. The molecule has 2 heteroatoms. The van der Waals surface area contributed by atoms with E-state index >= 15 is 0 Å². The number of ether oxygens (including phenoxy) is 1. The van der Waals surface area contributed by atoms with Crippen LogP contribution in [0.25, 0.3) is 0 Å². The van der Waals surface area contributed by atoms with Crippen molar-refractivity contribution in [3.8, 4) is 0 Å². The van der Waals surface area contributed by atoms with E-state index in [9.17, 15) is 4.79 Å². The van der Waals surface area contributed by atoms with E-state index in [-0.39, 0.29) is 5.41 Å². The van der Waals surface area contributed by atoms with Gasteiger partial charge < -0.3 is 4.74 Å². The maximum absolute atomic E-state index is 13.0. The third-order valence-corrected chi connectivity index (χ3v) is 5.66. The zero-order valence-corrected chi connectivity index (χ0v) is 14.2. The molecule has 0 atom stereocenters. The number of benzene rings is 1. The number of Topliss-reactive ketones (excluding diaryl/α,β-unsaturated/α-hetero) is 1. The number of methoxy groups -OCH3 is 1. The highest BCUT2D eigenvalue weighted by molar-refractivity contribution is 6.05. The van der Waals surface area contributed by atoms with E-state index in [2.05, 4.69) is 32.0 Å². The van der Waals surface area contributed by atoms with E-state index in [1.807, 2.05) is 0 Å². The first-order valence-corrected chi connectivity index (χ1v) is 8.73. The molecule has 1 fully saturated rings. The van der Waals surface area contributed by atoms with Crippen molar-refractivity contribution in [3.05, 3.63) is 34.9 Å². The Morgan fingerprint density at radius 2 is 2.00 bits per heavy atom. The van der Waals surface area contributed by atoms with E-state index in [1.165, 1.54) is 17.5 Å². The van der Waals surface area contributed by atoms with Crippen LogP contribution in [0.1, 0.15) is 67.4 Å². The Morgan fingerprint density at radius 3 is 2.64 bits per heavy atom. The molecule has 120 valence electrons. The molecular formula is C20H28O2. The molecule has 2 aliphatic rings. The smallest absolute Gasteiger partial charge is 0.169 e. The van der Waals surface area contributed by atoms with Gasteiger partial charge in [-0.05, 0) is 68.1 Å². The summed E-state index contributed by atoms with van der Waals surface area (Å²) in [5.74, 6) is 1.11. The van der Waals surface area contributed by atoms with E-state index in [0.717, 1.165) is 44.1 Å². The summed E-state index contributed by atoms with van der Waals surface area (Å²) in [6, 6.07) is 6.62. The Morgan fingerprint density at radius 1 is 1.27 bits per heavy atom. The highest BCUT2D eigenvalue weighted by Crippen LogP contribution is 2.47. The lowest BCUT2D eigenvalue weighted by atomic mass is 9.70. The SMILES string of the molecule is CO[C@H]1CC[C@]2(CC1)Cc1ccc(CCC(C)C)cc1C2=O. The predicted octanol–water partition coefficient (Wildman–Crippen LogP) is 4.59. The quantitative estimate of drug-likeness (QED) is 0.813. The van der Waals surface area contributed by atoms with E-state index < -0.39 is 0 Å². The first-order valence-electron chi connectivity index (χ1n) is 8.73. The molecule has 1 aromatic carbocycles. The number of hydrogen-bond acceptors (Lipinski definition) is 2. The second kappa shape index (κ2) is 6.16. The van der Waals surface area contributed by atoms with Crippen molar-refractivity contribution in [1.29, 1.82) is 0 Å². The Hall–Kier alpha value is -1.15. The Balaban J connectivity index is 1.76. The number of hydrogen-bond donors (Lipinski definition) is 0. The second-order valence-corrected chi connectivity index (χ2v) is 7.65. The molecule has 2 nitrogen and oxygen atoms in total. The molecule has 0 radical (unpaired) electrons. The summed E-state index contributed by atoms with van der Waals surface area (Å²) < 4.78 is 5.47. The summed E-state index contributed by atoms with van der Waals surface area (Å²) >= 11 is 0. The van der Waals surface area contributed by atoms with Crippen LogP contribution < -0.4 is 0 Å². The largest absolute Gasteiger partial charge is 0.381 e. The van der Waals surface area contributed by atoms with Gasteiger partial charge in [-0.1, -0.05) is 26.0 Å². The van der Waals surface area contributed by atoms with E-state index in [1.54, 1.807) is 7.11 Å². The molecule has 1 saturated carbocycles. The summed E-state index contributed by atoms with van der Waals surface area (Å²) in [5.41, 5.74) is 3.49. The number of ketones is 1. The molecule has 0 saturated heterocycles. The molecule has 3 rings (SSSR count). The van der Waals surface area contributed by atoms with Crippen LogP contribution in [-0.2, 0) is 17.6 Å². The molecule has 0 aliphatic heterocycles. The minimum absolute atomic E-state index is 0.117. The van der Waals surface area contributed by atoms with Crippen LogP contribution in [0.5, 0.6) is 0 Å². The number of rotatable bonds is 4. The van der Waals surface area contributed by atoms with Gasteiger partial charge in [-0.2, -0.15) is 0 Å². The molecule has 0 amide bonds. The summed E-state index contributed by atoms with van der Waals surface area (Å²) in [6.45, 7) is 4.50. The predicted molar refractivity (Wildman–Crippen MR) is 89.3 cm³/mol. The maximum atomic E-state index is 13.0. The molecule has 22 heavy (non-hydrogen) atoms.